The molecule has 1 saturated heterocycles. The Bertz CT molecular complexity index is 1030. The van der Waals surface area contributed by atoms with E-state index in [-0.39, 0.29) is 6.54 Å². The molecule has 1 fully saturated rings. The molecule has 0 radical (unpaired) electrons. The van der Waals surface area contributed by atoms with Gasteiger partial charge in [0.15, 0.2) is 0 Å². The van der Waals surface area contributed by atoms with E-state index < -0.39 is 36.3 Å². The number of thiophene rings is 1. The van der Waals surface area contributed by atoms with Crippen LogP contribution in [0.2, 0.25) is 0 Å². The van der Waals surface area contributed by atoms with Crippen molar-refractivity contribution < 1.29 is 19.2 Å². The molecule has 1 aromatic carbocycles. The molecule has 1 N–H and O–H groups in total. The van der Waals surface area contributed by atoms with Crippen molar-refractivity contribution in [2.45, 2.75) is 38.1 Å². The maximum atomic E-state index is 12.8. The molecule has 5 amide bonds. The van der Waals surface area contributed by atoms with Crippen molar-refractivity contribution in [3.05, 3.63) is 69.9 Å². The van der Waals surface area contributed by atoms with Crippen molar-refractivity contribution in [2.75, 3.05) is 13.1 Å². The largest absolute Gasteiger partial charge is 0.343 e. The number of hydrogen-bond acceptors (Lipinski definition) is 5. The predicted octanol–water partition coefficient (Wildman–Crippen LogP) is 3.64. The first-order valence-corrected chi connectivity index (χ1v) is 11.7. The number of urea groups is 1. The molecule has 1 aliphatic carbocycles. The van der Waals surface area contributed by atoms with Gasteiger partial charge in [-0.25, -0.2) is 9.69 Å². The molecule has 0 saturated carbocycles. The minimum atomic E-state index is -0.949. The number of rotatable bonds is 8. The Morgan fingerprint density at radius 1 is 1.00 bits per heavy atom. The number of carbonyl (C=O) groups excluding carboxylic acids is 4. The van der Waals surface area contributed by atoms with Crippen molar-refractivity contribution in [2.24, 2.45) is 0 Å². The summed E-state index contributed by atoms with van der Waals surface area (Å²) in [6, 6.07) is 12.2. The van der Waals surface area contributed by atoms with Gasteiger partial charge in [0.05, 0.1) is 6.04 Å². The monoisotopic (exact) mass is 451 g/mol. The van der Waals surface area contributed by atoms with E-state index in [1.54, 1.807) is 0 Å². The van der Waals surface area contributed by atoms with Gasteiger partial charge in [0, 0.05) is 11.4 Å². The third-order valence-electron chi connectivity index (χ3n) is 5.74. The van der Waals surface area contributed by atoms with Crippen molar-refractivity contribution in [1.82, 2.24) is 15.1 Å². The lowest BCUT2D eigenvalue weighted by atomic mass is 9.97. The van der Waals surface area contributed by atoms with Gasteiger partial charge < -0.3 is 5.32 Å². The maximum Gasteiger partial charge on any atom is 0.334 e. The van der Waals surface area contributed by atoms with E-state index in [9.17, 15) is 19.2 Å². The maximum absolute atomic E-state index is 12.8. The number of nitrogens with one attached hydrogen (secondary N) is 1. The molecule has 8 heteroatoms. The van der Waals surface area contributed by atoms with Crippen LogP contribution in [0.4, 0.5) is 4.79 Å². The normalized spacial score (nSPS) is 17.5. The Hall–Kier alpha value is -3.26. The van der Waals surface area contributed by atoms with E-state index >= 15 is 0 Å². The van der Waals surface area contributed by atoms with E-state index in [1.165, 1.54) is 16.9 Å². The Morgan fingerprint density at radius 2 is 1.78 bits per heavy atom. The molecule has 2 heterocycles. The van der Waals surface area contributed by atoms with Gasteiger partial charge in [-0.3, -0.25) is 19.3 Å². The molecule has 1 atom stereocenters. The standard InChI is InChI=1S/C24H25N3O4S/c28-20(25-21(19-12-7-15-32-19)18-10-5-2-6-11-18)16-27-23(30)22(29)26(24(27)31)14-13-17-8-3-1-4-9-17/h2,5-8,10-12,15,21H,1,3-4,9,13-14,16H2,(H,25,28)/t21-/m0/s1. The summed E-state index contributed by atoms with van der Waals surface area (Å²) in [7, 11) is 0. The predicted molar refractivity (Wildman–Crippen MR) is 121 cm³/mol. The molecule has 166 valence electrons. The second kappa shape index (κ2) is 9.91. The zero-order chi connectivity index (χ0) is 22.5. The Balaban J connectivity index is 1.41. The van der Waals surface area contributed by atoms with Crippen LogP contribution in [0.3, 0.4) is 0 Å². The number of imide groups is 2. The lowest BCUT2D eigenvalue weighted by Gasteiger charge is -2.20. The number of amides is 5. The lowest BCUT2D eigenvalue weighted by molar-refractivity contribution is -0.144. The van der Waals surface area contributed by atoms with Gasteiger partial charge >= 0.3 is 17.8 Å². The van der Waals surface area contributed by atoms with Crippen molar-refractivity contribution in [1.29, 1.82) is 0 Å². The fourth-order valence-corrected chi connectivity index (χ4v) is 4.85. The molecule has 7 nitrogen and oxygen atoms in total. The van der Waals surface area contributed by atoms with Gasteiger partial charge in [0.2, 0.25) is 5.91 Å². The zero-order valence-corrected chi connectivity index (χ0v) is 18.5. The smallest absolute Gasteiger partial charge is 0.334 e. The molecular formula is C24H25N3O4S. The van der Waals surface area contributed by atoms with Crippen LogP contribution < -0.4 is 5.32 Å². The third-order valence-corrected chi connectivity index (χ3v) is 6.68. The fraction of sp³-hybridized carbons (Fsp3) is 0.333. The molecule has 32 heavy (non-hydrogen) atoms. The topological polar surface area (TPSA) is 86.8 Å². The van der Waals surface area contributed by atoms with E-state index in [2.05, 4.69) is 11.4 Å². The first-order chi connectivity index (χ1) is 15.5. The number of hydrogen-bond donors (Lipinski definition) is 1. The highest BCUT2D eigenvalue weighted by Gasteiger charge is 2.45. The summed E-state index contributed by atoms with van der Waals surface area (Å²) in [4.78, 5) is 53.0. The van der Waals surface area contributed by atoms with Crippen LogP contribution in [0.25, 0.3) is 0 Å². The highest BCUT2D eigenvalue weighted by Crippen LogP contribution is 2.26. The van der Waals surface area contributed by atoms with Gasteiger partial charge in [0.25, 0.3) is 0 Å². The SMILES string of the molecule is O=C(CN1C(=O)C(=O)N(CCC2=CCCCC2)C1=O)N[C@@H](c1ccccc1)c1cccs1. The summed E-state index contributed by atoms with van der Waals surface area (Å²) in [6.45, 7) is -0.327. The molecule has 0 bridgehead atoms. The zero-order valence-electron chi connectivity index (χ0n) is 17.7. The van der Waals surface area contributed by atoms with Gasteiger partial charge in [-0.1, -0.05) is 48.0 Å². The van der Waals surface area contributed by atoms with Gasteiger partial charge in [-0.15, -0.1) is 11.3 Å². The van der Waals surface area contributed by atoms with E-state index in [1.807, 2.05) is 47.8 Å². The van der Waals surface area contributed by atoms with Crippen LogP contribution >= 0.6 is 11.3 Å². The first kappa shape index (κ1) is 22.0. The van der Waals surface area contributed by atoms with Crippen LogP contribution in [-0.4, -0.2) is 46.6 Å². The van der Waals surface area contributed by atoms with Gasteiger partial charge in [0.1, 0.15) is 6.54 Å². The van der Waals surface area contributed by atoms with Crippen LogP contribution in [0, 0.1) is 0 Å². The minimum Gasteiger partial charge on any atom is -0.343 e. The fourth-order valence-electron chi connectivity index (χ4n) is 4.04. The summed E-state index contributed by atoms with van der Waals surface area (Å²) >= 11 is 1.50. The quantitative estimate of drug-likeness (QED) is 0.377. The first-order valence-electron chi connectivity index (χ1n) is 10.8. The van der Waals surface area contributed by atoms with E-state index in [0.717, 1.165) is 45.9 Å². The average Bonchev–Trinajstić information content (AvgIpc) is 3.42. The Kier molecular flexibility index (Phi) is 6.80. The molecule has 4 rings (SSSR count). The second-order valence-corrected chi connectivity index (χ2v) is 8.89. The van der Waals surface area contributed by atoms with Crippen molar-refractivity contribution in [3.63, 3.8) is 0 Å². The molecule has 0 spiro atoms. The van der Waals surface area contributed by atoms with Crippen LogP contribution in [-0.2, 0) is 14.4 Å². The molecule has 2 aromatic rings. The minimum absolute atomic E-state index is 0.162. The lowest BCUT2D eigenvalue weighted by Crippen LogP contribution is -2.42. The Labute approximate surface area is 190 Å². The van der Waals surface area contributed by atoms with E-state index in [4.69, 9.17) is 0 Å². The highest BCUT2D eigenvalue weighted by molar-refractivity contribution is 7.10. The number of benzene rings is 1. The molecule has 2 aliphatic rings. The molecule has 1 aliphatic heterocycles. The summed E-state index contributed by atoms with van der Waals surface area (Å²) in [5, 5.41) is 4.82. The summed E-state index contributed by atoms with van der Waals surface area (Å²) in [5.74, 6) is -2.31. The third kappa shape index (κ3) is 4.80. The summed E-state index contributed by atoms with van der Waals surface area (Å²) < 4.78 is 0. The van der Waals surface area contributed by atoms with Gasteiger partial charge in [-0.05, 0) is 49.1 Å². The number of nitrogens with zero attached hydrogens (tertiary/aromatic N) is 2. The molecule has 0 unspecified atom stereocenters. The summed E-state index contributed by atoms with van der Waals surface area (Å²) in [6.07, 6.45) is 6.94. The van der Waals surface area contributed by atoms with Gasteiger partial charge in [-0.2, -0.15) is 0 Å². The second-order valence-electron chi connectivity index (χ2n) is 7.92. The average molecular weight is 452 g/mol. The molecular weight excluding hydrogens is 426 g/mol. The summed E-state index contributed by atoms with van der Waals surface area (Å²) in [5.41, 5.74) is 2.10. The Morgan fingerprint density at radius 3 is 2.47 bits per heavy atom. The van der Waals surface area contributed by atoms with Crippen LogP contribution in [0.5, 0.6) is 0 Å². The number of carbonyl (C=O) groups is 4. The number of allylic oxidation sites excluding steroid dienone is 1. The van der Waals surface area contributed by atoms with E-state index in [0.29, 0.717) is 6.42 Å². The van der Waals surface area contributed by atoms with Crippen molar-refractivity contribution in [3.8, 4) is 0 Å². The molecule has 1 aromatic heterocycles. The van der Waals surface area contributed by atoms with Crippen LogP contribution in [0.1, 0.15) is 48.6 Å². The highest BCUT2D eigenvalue weighted by atomic mass is 32.1. The van der Waals surface area contributed by atoms with Crippen molar-refractivity contribution >= 4 is 35.1 Å². The van der Waals surface area contributed by atoms with Crippen LogP contribution in [0.15, 0.2) is 59.5 Å².